The summed E-state index contributed by atoms with van der Waals surface area (Å²) in [5, 5.41) is 3.70. The molecule has 0 radical (unpaired) electrons. The van der Waals surface area contributed by atoms with Crippen LogP contribution in [0.4, 0.5) is 0 Å². The summed E-state index contributed by atoms with van der Waals surface area (Å²) in [5.74, 6) is 0. The van der Waals surface area contributed by atoms with Crippen molar-refractivity contribution in [3.63, 3.8) is 0 Å². The van der Waals surface area contributed by atoms with E-state index in [0.29, 0.717) is 4.32 Å². The molecule has 3 nitrogen and oxygen atoms in total. The zero-order valence-electron chi connectivity index (χ0n) is 7.14. The van der Waals surface area contributed by atoms with Crippen LogP contribution in [0, 0.1) is 4.32 Å². The summed E-state index contributed by atoms with van der Waals surface area (Å²) in [6.45, 7) is 0. The number of thioether (sulfide) groups is 2. The summed E-state index contributed by atoms with van der Waals surface area (Å²) in [6, 6.07) is 0. The van der Waals surface area contributed by atoms with Gasteiger partial charge in [0.25, 0.3) is 0 Å². The summed E-state index contributed by atoms with van der Waals surface area (Å²) in [6.07, 6.45) is 0. The molecule has 0 saturated carbocycles. The van der Waals surface area contributed by atoms with E-state index < -0.39 is 7.60 Å². The van der Waals surface area contributed by atoms with Crippen LogP contribution in [-0.2, 0) is 13.6 Å². The van der Waals surface area contributed by atoms with Crippen molar-refractivity contribution < 1.29 is 32.5 Å². The maximum Gasteiger partial charge on any atom is 1.00 e. The molecular formula is C5H8LiO3PS2. The van der Waals surface area contributed by atoms with E-state index in [9.17, 15) is 4.57 Å². The van der Waals surface area contributed by atoms with Gasteiger partial charge in [0.15, 0.2) is 0 Å². The molecule has 0 aromatic rings. The number of rotatable bonds is 3. The molecule has 0 unspecified atom stereocenters. The molecule has 64 valence electrons. The van der Waals surface area contributed by atoms with Gasteiger partial charge in [-0.1, -0.05) is 15.1 Å². The maximum atomic E-state index is 11.6. The minimum absolute atomic E-state index is 0. The van der Waals surface area contributed by atoms with E-state index >= 15 is 0 Å². The Hall–Kier alpha value is 1.19. The van der Waals surface area contributed by atoms with Crippen molar-refractivity contribution in [1.29, 1.82) is 0 Å². The van der Waals surface area contributed by atoms with E-state index in [4.69, 9.17) is 9.05 Å². The molecule has 0 fully saturated rings. The van der Waals surface area contributed by atoms with Gasteiger partial charge < -0.3 is 9.05 Å². The Bertz CT molecular complexity index is 195. The molecule has 0 aliphatic carbocycles. The van der Waals surface area contributed by atoms with Crippen molar-refractivity contribution in [2.75, 3.05) is 14.2 Å². The van der Waals surface area contributed by atoms with Crippen LogP contribution in [0.25, 0.3) is 0 Å². The zero-order valence-corrected chi connectivity index (χ0v) is 9.67. The van der Waals surface area contributed by atoms with E-state index in [2.05, 4.69) is 0 Å². The summed E-state index contributed by atoms with van der Waals surface area (Å²) >= 11 is 2.77. The molecule has 1 rings (SSSR count). The molecular weight excluding hydrogens is 210 g/mol. The molecule has 0 bridgehead atoms. The Morgan fingerprint density at radius 2 is 1.67 bits per heavy atom. The Labute approximate surface area is 92.7 Å². The monoisotopic (exact) mass is 218 g/mol. The molecule has 1 heterocycles. The summed E-state index contributed by atoms with van der Waals surface area (Å²) in [4.78, 5) is 0. The smallest absolute Gasteiger partial charge is 0.333 e. The quantitative estimate of drug-likeness (QED) is 0.375. The fourth-order valence-electron chi connectivity index (χ4n) is 0.552. The fraction of sp³-hybridized carbons (Fsp3) is 0.400. The van der Waals surface area contributed by atoms with Crippen molar-refractivity contribution in [3.05, 3.63) is 15.1 Å². The minimum Gasteiger partial charge on any atom is -0.333 e. The van der Waals surface area contributed by atoms with E-state index in [1.165, 1.54) is 37.7 Å². The van der Waals surface area contributed by atoms with Gasteiger partial charge in [0.05, 0.1) is 0 Å². The third-order valence-corrected chi connectivity index (χ3v) is 6.18. The second-order valence-electron chi connectivity index (χ2n) is 1.64. The maximum absolute atomic E-state index is 11.6. The second-order valence-corrected chi connectivity index (χ2v) is 6.50. The number of hydrogen-bond donors (Lipinski definition) is 0. The molecule has 0 spiro atoms. The molecule has 0 amide bonds. The fourth-order valence-corrected chi connectivity index (χ4v) is 4.52. The van der Waals surface area contributed by atoms with Gasteiger partial charge in [0.1, 0.15) is 0 Å². The Balaban J connectivity index is 0.00000121. The van der Waals surface area contributed by atoms with Crippen LogP contribution in [0.1, 0.15) is 0 Å². The first kappa shape index (κ1) is 13.2. The number of hydrogen-bond acceptors (Lipinski definition) is 5. The topological polar surface area (TPSA) is 35.5 Å². The predicted octanol–water partition coefficient (Wildman–Crippen LogP) is -0.126. The van der Waals surface area contributed by atoms with Crippen molar-refractivity contribution in [1.82, 2.24) is 0 Å². The molecule has 0 saturated heterocycles. The third-order valence-electron chi connectivity index (χ3n) is 1.10. The Morgan fingerprint density at radius 1 is 1.25 bits per heavy atom. The molecule has 1 aliphatic rings. The van der Waals surface area contributed by atoms with Crippen LogP contribution >= 0.6 is 31.1 Å². The first-order valence-electron chi connectivity index (χ1n) is 2.80. The average molecular weight is 218 g/mol. The van der Waals surface area contributed by atoms with Crippen LogP contribution in [0.15, 0.2) is 10.8 Å². The Kier molecular flexibility index (Phi) is 6.40. The molecule has 12 heavy (non-hydrogen) atoms. The largest absolute Gasteiger partial charge is 1.00 e. The van der Waals surface area contributed by atoms with Gasteiger partial charge >= 0.3 is 18.9 Å². The SMILES string of the molecule is COP(=O)(OC)[C-]1SC=CS1.[Li+]. The minimum atomic E-state index is -2.95. The van der Waals surface area contributed by atoms with Crippen molar-refractivity contribution >= 4 is 31.1 Å². The first-order valence-corrected chi connectivity index (χ1v) is 6.10. The standard InChI is InChI=1S/C5H8O3PS2.Li/c1-7-9(6,8-2)5-10-3-4-11-5;/h3-4H,1-2H3;/q-1;+1. The van der Waals surface area contributed by atoms with Gasteiger partial charge in [0, 0.05) is 14.2 Å². The van der Waals surface area contributed by atoms with Crippen LogP contribution in [0.2, 0.25) is 0 Å². The van der Waals surface area contributed by atoms with Gasteiger partial charge in [-0.25, -0.2) is 0 Å². The first-order chi connectivity index (χ1) is 5.23. The third kappa shape index (κ3) is 2.85. The van der Waals surface area contributed by atoms with E-state index in [0.717, 1.165) is 0 Å². The molecule has 0 aromatic carbocycles. The van der Waals surface area contributed by atoms with Crippen molar-refractivity contribution in [3.8, 4) is 0 Å². The predicted molar refractivity (Wildman–Crippen MR) is 49.2 cm³/mol. The Morgan fingerprint density at radius 3 is 2.00 bits per heavy atom. The molecule has 1 aliphatic heterocycles. The van der Waals surface area contributed by atoms with E-state index in [1.807, 2.05) is 10.8 Å². The van der Waals surface area contributed by atoms with Gasteiger partial charge in [-0.3, -0.25) is 28.1 Å². The second kappa shape index (κ2) is 5.82. The summed E-state index contributed by atoms with van der Waals surface area (Å²) in [5.41, 5.74) is 0. The van der Waals surface area contributed by atoms with E-state index in [-0.39, 0.29) is 18.9 Å². The zero-order chi connectivity index (χ0) is 8.32. The van der Waals surface area contributed by atoms with Crippen molar-refractivity contribution in [2.24, 2.45) is 0 Å². The van der Waals surface area contributed by atoms with Crippen LogP contribution in [0.3, 0.4) is 0 Å². The van der Waals surface area contributed by atoms with Crippen LogP contribution in [-0.4, -0.2) is 14.2 Å². The normalized spacial score (nSPS) is 17.8. The van der Waals surface area contributed by atoms with E-state index in [1.54, 1.807) is 0 Å². The molecule has 7 heteroatoms. The molecule has 0 N–H and O–H groups in total. The summed E-state index contributed by atoms with van der Waals surface area (Å²) < 4.78 is 21.8. The van der Waals surface area contributed by atoms with Gasteiger partial charge in [-0.2, -0.15) is 0 Å². The van der Waals surface area contributed by atoms with Crippen LogP contribution < -0.4 is 18.9 Å². The van der Waals surface area contributed by atoms with Crippen LogP contribution in [0.5, 0.6) is 0 Å². The van der Waals surface area contributed by atoms with Gasteiger partial charge in [-0.15, -0.1) is 0 Å². The van der Waals surface area contributed by atoms with Gasteiger partial charge in [0.2, 0.25) is 7.60 Å². The molecule has 0 aromatic heterocycles. The van der Waals surface area contributed by atoms with Gasteiger partial charge in [-0.05, 0) is 0 Å². The molecule has 0 atom stereocenters. The average Bonchev–Trinajstić information content (AvgIpc) is 2.55. The summed E-state index contributed by atoms with van der Waals surface area (Å²) in [7, 11) is -0.177. The van der Waals surface area contributed by atoms with Crippen molar-refractivity contribution in [2.45, 2.75) is 0 Å².